The Hall–Kier alpha value is -1.34. The molecular weight excluding hydrogens is 252 g/mol. The lowest BCUT2D eigenvalue weighted by atomic mass is 9.97. The van der Waals surface area contributed by atoms with Gasteiger partial charge in [0, 0.05) is 32.7 Å². The average Bonchev–Trinajstić information content (AvgIpc) is 2.88. The molecule has 0 radical (unpaired) electrons. The summed E-state index contributed by atoms with van der Waals surface area (Å²) in [6.45, 7) is 1.60. The Kier molecular flexibility index (Phi) is 4.26. The molecule has 2 rings (SSSR count). The van der Waals surface area contributed by atoms with E-state index in [1.165, 1.54) is 0 Å². The van der Waals surface area contributed by atoms with E-state index in [0.717, 1.165) is 12.8 Å². The largest absolute Gasteiger partial charge is 0.479 e. The number of hydrogen-bond acceptors (Lipinski definition) is 4. The molecule has 0 aliphatic carbocycles. The SMILES string of the molecule is O=C(NC1(C(=O)O)CCOC1)N1CCC(CO)CC1. The lowest BCUT2D eigenvalue weighted by Gasteiger charge is -2.34. The first-order valence-electron chi connectivity index (χ1n) is 6.56. The van der Waals surface area contributed by atoms with Gasteiger partial charge in [0.1, 0.15) is 0 Å². The number of carbonyl (C=O) groups is 2. The first kappa shape index (κ1) is 14.1. The number of carboxylic acids is 1. The van der Waals surface area contributed by atoms with Gasteiger partial charge < -0.3 is 25.2 Å². The van der Waals surface area contributed by atoms with Crippen molar-refractivity contribution in [1.82, 2.24) is 10.2 Å². The number of amides is 2. The molecule has 7 nitrogen and oxygen atoms in total. The summed E-state index contributed by atoms with van der Waals surface area (Å²) in [6.07, 6.45) is 1.79. The third-order valence-corrected chi connectivity index (χ3v) is 3.94. The number of urea groups is 1. The molecule has 0 saturated carbocycles. The summed E-state index contributed by atoms with van der Waals surface area (Å²) in [4.78, 5) is 25.0. The second-order valence-electron chi connectivity index (χ2n) is 5.23. The Balaban J connectivity index is 1.92. The second kappa shape index (κ2) is 5.75. The number of hydrogen-bond donors (Lipinski definition) is 3. The first-order chi connectivity index (χ1) is 9.07. The van der Waals surface area contributed by atoms with Crippen LogP contribution >= 0.6 is 0 Å². The number of nitrogens with zero attached hydrogens (tertiary/aromatic N) is 1. The van der Waals surface area contributed by atoms with Gasteiger partial charge in [0.05, 0.1) is 6.61 Å². The Morgan fingerprint density at radius 3 is 2.53 bits per heavy atom. The van der Waals surface area contributed by atoms with Crippen molar-refractivity contribution in [3.8, 4) is 0 Å². The fourth-order valence-electron chi connectivity index (χ4n) is 2.49. The average molecular weight is 272 g/mol. The zero-order valence-corrected chi connectivity index (χ0v) is 10.8. The normalized spacial score (nSPS) is 28.4. The molecule has 7 heteroatoms. The van der Waals surface area contributed by atoms with Crippen LogP contribution in [-0.4, -0.2) is 65.6 Å². The quantitative estimate of drug-likeness (QED) is 0.652. The Labute approximate surface area is 111 Å². The summed E-state index contributed by atoms with van der Waals surface area (Å²) < 4.78 is 5.10. The van der Waals surface area contributed by atoms with E-state index < -0.39 is 11.5 Å². The van der Waals surface area contributed by atoms with E-state index in [-0.39, 0.29) is 25.2 Å². The Morgan fingerprint density at radius 1 is 1.37 bits per heavy atom. The lowest BCUT2D eigenvalue weighted by molar-refractivity contribution is -0.144. The Morgan fingerprint density at radius 2 is 2.05 bits per heavy atom. The van der Waals surface area contributed by atoms with Crippen molar-refractivity contribution in [1.29, 1.82) is 0 Å². The number of likely N-dealkylation sites (tertiary alicyclic amines) is 1. The van der Waals surface area contributed by atoms with Crippen molar-refractivity contribution in [2.75, 3.05) is 32.9 Å². The predicted molar refractivity (Wildman–Crippen MR) is 65.7 cm³/mol. The molecule has 1 atom stereocenters. The van der Waals surface area contributed by atoms with Crippen molar-refractivity contribution in [3.63, 3.8) is 0 Å². The van der Waals surface area contributed by atoms with Crippen LogP contribution in [-0.2, 0) is 9.53 Å². The molecule has 19 heavy (non-hydrogen) atoms. The van der Waals surface area contributed by atoms with Gasteiger partial charge in [0.15, 0.2) is 5.54 Å². The third kappa shape index (κ3) is 2.98. The molecule has 2 saturated heterocycles. The van der Waals surface area contributed by atoms with Crippen molar-refractivity contribution < 1.29 is 24.5 Å². The molecule has 2 heterocycles. The number of carbonyl (C=O) groups excluding carboxylic acids is 1. The number of carboxylic acid groups (broad SMARTS) is 1. The van der Waals surface area contributed by atoms with Crippen LogP contribution < -0.4 is 5.32 Å². The minimum absolute atomic E-state index is 0.0151. The van der Waals surface area contributed by atoms with Crippen molar-refractivity contribution >= 4 is 12.0 Å². The van der Waals surface area contributed by atoms with Gasteiger partial charge in [-0.25, -0.2) is 9.59 Å². The molecule has 108 valence electrons. The van der Waals surface area contributed by atoms with E-state index in [0.29, 0.717) is 26.1 Å². The number of aliphatic carboxylic acids is 1. The molecule has 0 aromatic rings. The summed E-state index contributed by atoms with van der Waals surface area (Å²) >= 11 is 0. The van der Waals surface area contributed by atoms with E-state index in [4.69, 9.17) is 9.84 Å². The minimum Gasteiger partial charge on any atom is -0.479 e. The van der Waals surface area contributed by atoms with E-state index in [1.54, 1.807) is 4.90 Å². The smallest absolute Gasteiger partial charge is 0.332 e. The number of aliphatic hydroxyl groups excluding tert-OH is 1. The fourth-order valence-corrected chi connectivity index (χ4v) is 2.49. The minimum atomic E-state index is -1.29. The molecule has 2 aliphatic heterocycles. The standard InChI is InChI=1S/C12H20N2O5/c15-7-9-1-4-14(5-2-9)11(18)13-12(10(16)17)3-6-19-8-12/h9,15H,1-8H2,(H,13,18)(H,16,17). The van der Waals surface area contributed by atoms with Crippen LogP contribution in [0, 0.1) is 5.92 Å². The zero-order valence-electron chi connectivity index (χ0n) is 10.8. The van der Waals surface area contributed by atoms with Crippen LogP contribution in [0.2, 0.25) is 0 Å². The summed E-state index contributed by atoms with van der Waals surface area (Å²) in [6, 6.07) is -0.357. The molecule has 0 bridgehead atoms. The van der Waals surface area contributed by atoms with E-state index in [1.807, 2.05) is 0 Å². The number of nitrogens with one attached hydrogen (secondary N) is 1. The van der Waals surface area contributed by atoms with E-state index in [2.05, 4.69) is 5.32 Å². The number of aliphatic hydroxyl groups is 1. The molecule has 3 N–H and O–H groups in total. The summed E-state index contributed by atoms with van der Waals surface area (Å²) in [5.41, 5.74) is -1.29. The highest BCUT2D eigenvalue weighted by Crippen LogP contribution is 2.21. The Bertz CT molecular complexity index is 346. The van der Waals surface area contributed by atoms with E-state index in [9.17, 15) is 14.7 Å². The van der Waals surface area contributed by atoms with Crippen molar-refractivity contribution in [3.05, 3.63) is 0 Å². The van der Waals surface area contributed by atoms with E-state index >= 15 is 0 Å². The van der Waals surface area contributed by atoms with Crippen LogP contribution in [0.5, 0.6) is 0 Å². The summed E-state index contributed by atoms with van der Waals surface area (Å²) in [5.74, 6) is -0.809. The molecule has 0 aromatic heterocycles. The topological polar surface area (TPSA) is 99.1 Å². The van der Waals surface area contributed by atoms with Crippen LogP contribution in [0.25, 0.3) is 0 Å². The maximum Gasteiger partial charge on any atom is 0.332 e. The van der Waals surface area contributed by atoms with Gasteiger partial charge in [0.2, 0.25) is 0 Å². The van der Waals surface area contributed by atoms with Crippen LogP contribution in [0.4, 0.5) is 4.79 Å². The maximum absolute atomic E-state index is 12.1. The highest BCUT2D eigenvalue weighted by atomic mass is 16.5. The fraction of sp³-hybridized carbons (Fsp3) is 0.833. The molecule has 0 aromatic carbocycles. The number of ether oxygens (including phenoxy) is 1. The lowest BCUT2D eigenvalue weighted by Crippen LogP contribution is -2.59. The zero-order chi connectivity index (χ0) is 13.9. The molecule has 2 fully saturated rings. The van der Waals surface area contributed by atoms with Crippen molar-refractivity contribution in [2.45, 2.75) is 24.8 Å². The number of piperidine rings is 1. The van der Waals surface area contributed by atoms with Gasteiger partial charge in [-0.3, -0.25) is 0 Å². The van der Waals surface area contributed by atoms with Crippen LogP contribution in [0.1, 0.15) is 19.3 Å². The van der Waals surface area contributed by atoms with Crippen LogP contribution in [0.3, 0.4) is 0 Å². The molecule has 2 aliphatic rings. The van der Waals surface area contributed by atoms with Gasteiger partial charge in [-0.2, -0.15) is 0 Å². The van der Waals surface area contributed by atoms with Gasteiger partial charge in [-0.1, -0.05) is 0 Å². The van der Waals surface area contributed by atoms with Crippen molar-refractivity contribution in [2.24, 2.45) is 5.92 Å². The van der Waals surface area contributed by atoms with Crippen LogP contribution in [0.15, 0.2) is 0 Å². The highest BCUT2D eigenvalue weighted by Gasteiger charge is 2.44. The van der Waals surface area contributed by atoms with Gasteiger partial charge in [0.25, 0.3) is 0 Å². The second-order valence-corrected chi connectivity index (χ2v) is 5.23. The maximum atomic E-state index is 12.1. The summed E-state index contributed by atoms with van der Waals surface area (Å²) in [7, 11) is 0. The van der Waals surface area contributed by atoms with Gasteiger partial charge in [-0.05, 0) is 18.8 Å². The van der Waals surface area contributed by atoms with Gasteiger partial charge >= 0.3 is 12.0 Å². The first-order valence-corrected chi connectivity index (χ1v) is 6.56. The van der Waals surface area contributed by atoms with Gasteiger partial charge in [-0.15, -0.1) is 0 Å². The molecular formula is C12H20N2O5. The molecule has 0 spiro atoms. The molecule has 1 unspecified atom stereocenters. The predicted octanol–water partition coefficient (Wildman–Crippen LogP) is -0.356. The summed E-state index contributed by atoms with van der Waals surface area (Å²) in [5, 5.41) is 20.9. The molecule has 2 amide bonds. The number of rotatable bonds is 3. The third-order valence-electron chi connectivity index (χ3n) is 3.94. The highest BCUT2D eigenvalue weighted by molar-refractivity contribution is 5.86. The monoisotopic (exact) mass is 272 g/mol.